The third kappa shape index (κ3) is 3.75. The highest BCUT2D eigenvalue weighted by molar-refractivity contribution is 5.71. The SMILES string of the molecule is Cn1cc(CN2CCC3(CCOCC3)C(C(=O)O)C2)c(C(C)(C)C)n1. The van der Waals surface area contributed by atoms with Gasteiger partial charge in [0.25, 0.3) is 0 Å². The number of aliphatic carboxylic acids is 1. The summed E-state index contributed by atoms with van der Waals surface area (Å²) in [6, 6.07) is 0. The van der Waals surface area contributed by atoms with Gasteiger partial charge in [-0.15, -0.1) is 0 Å². The summed E-state index contributed by atoms with van der Waals surface area (Å²) in [6.45, 7) is 10.2. The minimum absolute atomic E-state index is 0.0134. The number of ether oxygens (including phenoxy) is 1. The zero-order valence-corrected chi connectivity index (χ0v) is 15.9. The molecule has 0 bridgehead atoms. The van der Waals surface area contributed by atoms with Gasteiger partial charge in [0, 0.05) is 50.5 Å². The molecule has 0 amide bonds. The molecule has 2 saturated heterocycles. The van der Waals surface area contributed by atoms with Crippen molar-refractivity contribution in [2.24, 2.45) is 18.4 Å². The number of carboxylic acid groups (broad SMARTS) is 1. The van der Waals surface area contributed by atoms with Crippen molar-refractivity contribution in [1.82, 2.24) is 14.7 Å². The van der Waals surface area contributed by atoms with Crippen LogP contribution in [0.15, 0.2) is 6.20 Å². The van der Waals surface area contributed by atoms with E-state index >= 15 is 0 Å². The Bertz CT molecular complexity index is 626. The van der Waals surface area contributed by atoms with Crippen LogP contribution in [-0.2, 0) is 28.5 Å². The molecule has 1 unspecified atom stereocenters. The van der Waals surface area contributed by atoms with Gasteiger partial charge < -0.3 is 9.84 Å². The van der Waals surface area contributed by atoms with E-state index < -0.39 is 5.97 Å². The monoisotopic (exact) mass is 349 g/mol. The predicted octanol–water partition coefficient (Wildman–Crippen LogP) is 2.42. The van der Waals surface area contributed by atoms with Gasteiger partial charge in [-0.05, 0) is 31.2 Å². The van der Waals surface area contributed by atoms with Crippen molar-refractivity contribution in [2.75, 3.05) is 26.3 Å². The standard InChI is InChI=1S/C19H31N3O3/c1-18(2,3)16-14(11-21(4)20-16)12-22-8-5-19(6-9-25-10-7-19)15(13-22)17(23)24/h11,15H,5-10,12-13H2,1-4H3,(H,23,24). The maximum atomic E-state index is 12.0. The van der Waals surface area contributed by atoms with E-state index in [0.29, 0.717) is 19.8 Å². The van der Waals surface area contributed by atoms with Crippen molar-refractivity contribution in [3.05, 3.63) is 17.5 Å². The van der Waals surface area contributed by atoms with E-state index in [-0.39, 0.29) is 16.7 Å². The lowest BCUT2D eigenvalue weighted by Gasteiger charge is -2.48. The van der Waals surface area contributed by atoms with Crippen LogP contribution in [0.1, 0.15) is 51.3 Å². The van der Waals surface area contributed by atoms with Gasteiger partial charge in [0.05, 0.1) is 11.6 Å². The van der Waals surface area contributed by atoms with Crippen molar-refractivity contribution >= 4 is 5.97 Å². The Balaban J connectivity index is 1.77. The Morgan fingerprint density at radius 2 is 2.04 bits per heavy atom. The van der Waals surface area contributed by atoms with Crippen molar-refractivity contribution in [3.8, 4) is 0 Å². The quantitative estimate of drug-likeness (QED) is 0.908. The molecule has 1 spiro atoms. The molecule has 0 radical (unpaired) electrons. The highest BCUT2D eigenvalue weighted by atomic mass is 16.5. The number of rotatable bonds is 3. The number of likely N-dealkylation sites (tertiary alicyclic amines) is 1. The highest BCUT2D eigenvalue weighted by Gasteiger charge is 2.47. The maximum Gasteiger partial charge on any atom is 0.308 e. The number of aryl methyl sites for hydroxylation is 1. The number of carboxylic acids is 1. The molecule has 140 valence electrons. The maximum absolute atomic E-state index is 12.0. The molecule has 25 heavy (non-hydrogen) atoms. The zero-order valence-electron chi connectivity index (χ0n) is 15.9. The average molecular weight is 349 g/mol. The van der Waals surface area contributed by atoms with Gasteiger partial charge in [0.2, 0.25) is 0 Å². The third-order valence-corrected chi connectivity index (χ3v) is 5.90. The first-order valence-electron chi connectivity index (χ1n) is 9.27. The molecule has 1 atom stereocenters. The Kier molecular flexibility index (Phi) is 4.95. The van der Waals surface area contributed by atoms with Crippen LogP contribution < -0.4 is 0 Å². The van der Waals surface area contributed by atoms with E-state index in [1.54, 1.807) is 0 Å². The van der Waals surface area contributed by atoms with Gasteiger partial charge in [-0.25, -0.2) is 0 Å². The minimum atomic E-state index is -0.658. The van der Waals surface area contributed by atoms with Crippen LogP contribution in [0.5, 0.6) is 0 Å². The molecule has 6 heteroatoms. The summed E-state index contributed by atoms with van der Waals surface area (Å²) >= 11 is 0. The van der Waals surface area contributed by atoms with Gasteiger partial charge >= 0.3 is 5.97 Å². The van der Waals surface area contributed by atoms with E-state index in [2.05, 4.69) is 37.0 Å². The largest absolute Gasteiger partial charge is 0.481 e. The van der Waals surface area contributed by atoms with Crippen molar-refractivity contribution in [1.29, 1.82) is 0 Å². The first kappa shape index (κ1) is 18.4. The molecule has 2 fully saturated rings. The fourth-order valence-corrected chi connectivity index (χ4v) is 4.48. The summed E-state index contributed by atoms with van der Waals surface area (Å²) in [5, 5.41) is 14.5. The van der Waals surface area contributed by atoms with E-state index in [9.17, 15) is 9.90 Å². The minimum Gasteiger partial charge on any atom is -0.481 e. The van der Waals surface area contributed by atoms with Crippen LogP contribution in [0.2, 0.25) is 0 Å². The Morgan fingerprint density at radius 3 is 2.64 bits per heavy atom. The van der Waals surface area contributed by atoms with Gasteiger partial charge in [0.15, 0.2) is 0 Å². The van der Waals surface area contributed by atoms with E-state index in [0.717, 1.165) is 38.0 Å². The molecule has 6 nitrogen and oxygen atoms in total. The van der Waals surface area contributed by atoms with Crippen molar-refractivity contribution in [2.45, 2.75) is 52.0 Å². The molecule has 3 heterocycles. The van der Waals surface area contributed by atoms with Crippen molar-refractivity contribution in [3.63, 3.8) is 0 Å². The summed E-state index contributed by atoms with van der Waals surface area (Å²) in [7, 11) is 1.95. The molecular weight excluding hydrogens is 318 g/mol. The molecule has 0 aliphatic carbocycles. The lowest BCUT2D eigenvalue weighted by atomic mass is 9.65. The second-order valence-corrected chi connectivity index (χ2v) is 8.78. The topological polar surface area (TPSA) is 67.6 Å². The lowest BCUT2D eigenvalue weighted by Crippen LogP contribution is -2.52. The summed E-state index contributed by atoms with van der Waals surface area (Å²) in [5.41, 5.74) is 2.22. The van der Waals surface area contributed by atoms with Crippen LogP contribution >= 0.6 is 0 Å². The van der Waals surface area contributed by atoms with Gasteiger partial charge in [-0.1, -0.05) is 20.8 Å². The summed E-state index contributed by atoms with van der Waals surface area (Å²) in [5.74, 6) is -0.964. The molecule has 2 aliphatic rings. The first-order chi connectivity index (χ1) is 11.7. The molecule has 1 aromatic rings. The van der Waals surface area contributed by atoms with Crippen LogP contribution in [0.25, 0.3) is 0 Å². The molecule has 0 saturated carbocycles. The summed E-state index contributed by atoms with van der Waals surface area (Å²) < 4.78 is 7.36. The summed E-state index contributed by atoms with van der Waals surface area (Å²) in [4.78, 5) is 14.3. The van der Waals surface area contributed by atoms with Crippen LogP contribution in [0.4, 0.5) is 0 Å². The van der Waals surface area contributed by atoms with Gasteiger partial charge in [0.1, 0.15) is 0 Å². The Morgan fingerprint density at radius 1 is 1.36 bits per heavy atom. The normalized spacial score (nSPS) is 24.6. The molecular formula is C19H31N3O3. The molecule has 3 rings (SSSR count). The molecule has 2 aliphatic heterocycles. The van der Waals surface area contributed by atoms with Crippen molar-refractivity contribution < 1.29 is 14.6 Å². The fourth-order valence-electron chi connectivity index (χ4n) is 4.48. The Hall–Kier alpha value is -1.40. The zero-order chi connectivity index (χ0) is 18.2. The second-order valence-electron chi connectivity index (χ2n) is 8.78. The van der Waals surface area contributed by atoms with E-state index in [1.165, 1.54) is 5.56 Å². The fraction of sp³-hybridized carbons (Fsp3) is 0.789. The number of aromatic nitrogens is 2. The number of nitrogens with zero attached hydrogens (tertiary/aromatic N) is 3. The molecule has 1 aromatic heterocycles. The number of carbonyl (C=O) groups is 1. The smallest absolute Gasteiger partial charge is 0.308 e. The number of hydrogen-bond donors (Lipinski definition) is 1. The van der Waals surface area contributed by atoms with Gasteiger partial charge in [-0.3, -0.25) is 14.4 Å². The lowest BCUT2D eigenvalue weighted by molar-refractivity contribution is -0.156. The molecule has 1 N–H and O–H groups in total. The molecule has 0 aromatic carbocycles. The number of hydrogen-bond acceptors (Lipinski definition) is 4. The Labute approximate surface area is 150 Å². The van der Waals surface area contributed by atoms with E-state index in [4.69, 9.17) is 4.74 Å². The van der Waals surface area contributed by atoms with Crippen LogP contribution in [0, 0.1) is 11.3 Å². The first-order valence-corrected chi connectivity index (χ1v) is 9.27. The third-order valence-electron chi connectivity index (χ3n) is 5.90. The predicted molar refractivity (Wildman–Crippen MR) is 95.4 cm³/mol. The summed E-state index contributed by atoms with van der Waals surface area (Å²) in [6.07, 6.45) is 4.77. The van der Waals surface area contributed by atoms with Gasteiger partial charge in [-0.2, -0.15) is 5.10 Å². The highest BCUT2D eigenvalue weighted by Crippen LogP contribution is 2.45. The van der Waals surface area contributed by atoms with Crippen LogP contribution in [0.3, 0.4) is 0 Å². The number of piperidine rings is 1. The average Bonchev–Trinajstić information content (AvgIpc) is 2.91. The van der Waals surface area contributed by atoms with E-state index in [1.807, 2.05) is 11.7 Å². The second kappa shape index (κ2) is 6.72. The van der Waals surface area contributed by atoms with Crippen LogP contribution in [-0.4, -0.2) is 52.1 Å².